The maximum absolute atomic E-state index is 10.4. The molecular formula is C16H34O11S. The van der Waals surface area contributed by atoms with Gasteiger partial charge in [-0.3, -0.25) is 4.55 Å². The topological polar surface area (TPSA) is 139 Å². The molecule has 0 radical (unpaired) electrons. The van der Waals surface area contributed by atoms with Gasteiger partial charge >= 0.3 is 0 Å². The van der Waals surface area contributed by atoms with Crippen molar-refractivity contribution in [2.24, 2.45) is 0 Å². The van der Waals surface area contributed by atoms with Crippen molar-refractivity contribution in [2.75, 3.05) is 105 Å². The first kappa shape index (κ1) is 27.6. The first-order chi connectivity index (χ1) is 13.6. The van der Waals surface area contributed by atoms with E-state index in [1.54, 1.807) is 0 Å². The minimum atomic E-state index is -3.97. The Kier molecular flexibility index (Phi) is 21.0. The summed E-state index contributed by atoms with van der Waals surface area (Å²) in [5.74, 6) is -0.420. The fourth-order valence-electron chi connectivity index (χ4n) is 1.65. The SMILES string of the molecule is O=S(=O)(O)CCOCCOCCOCCOCCOCCOCCOCCO. The number of ether oxygens (including phenoxy) is 7. The highest BCUT2D eigenvalue weighted by atomic mass is 32.2. The fourth-order valence-corrected chi connectivity index (χ4v) is 1.98. The van der Waals surface area contributed by atoms with Crippen molar-refractivity contribution in [3.63, 3.8) is 0 Å². The molecule has 12 heteroatoms. The Hall–Kier alpha value is -0.410. The van der Waals surface area contributed by atoms with Crippen LogP contribution in [0.15, 0.2) is 0 Å². The summed E-state index contributed by atoms with van der Waals surface area (Å²) < 4.78 is 65.9. The van der Waals surface area contributed by atoms with Crippen LogP contribution in [0.3, 0.4) is 0 Å². The average molecular weight is 435 g/mol. The second kappa shape index (κ2) is 21.3. The summed E-state index contributed by atoms with van der Waals surface area (Å²) in [6.45, 7) is 5.43. The molecule has 0 saturated carbocycles. The van der Waals surface area contributed by atoms with E-state index >= 15 is 0 Å². The molecule has 0 unspecified atom stereocenters. The molecule has 0 saturated heterocycles. The molecule has 0 heterocycles. The van der Waals surface area contributed by atoms with Crippen LogP contribution in [0.4, 0.5) is 0 Å². The second-order valence-corrected chi connectivity index (χ2v) is 6.87. The molecule has 0 aromatic rings. The lowest BCUT2D eigenvalue weighted by atomic mass is 10.6. The number of hydrogen-bond donors (Lipinski definition) is 2. The monoisotopic (exact) mass is 434 g/mol. The molecule has 2 N–H and O–H groups in total. The van der Waals surface area contributed by atoms with Gasteiger partial charge in [0.25, 0.3) is 10.1 Å². The van der Waals surface area contributed by atoms with Gasteiger partial charge in [-0.05, 0) is 0 Å². The van der Waals surface area contributed by atoms with E-state index in [1.807, 2.05) is 0 Å². The Morgan fingerprint density at radius 2 is 0.714 bits per heavy atom. The van der Waals surface area contributed by atoms with Gasteiger partial charge in [-0.25, -0.2) is 0 Å². The Bertz CT molecular complexity index is 405. The molecule has 0 fully saturated rings. The molecule has 0 spiro atoms. The third-order valence-electron chi connectivity index (χ3n) is 2.95. The minimum absolute atomic E-state index is 0.0153. The van der Waals surface area contributed by atoms with Gasteiger partial charge in [-0.1, -0.05) is 0 Å². The maximum Gasteiger partial charge on any atom is 0.267 e. The summed E-state index contributed by atoms with van der Waals surface area (Å²) in [4.78, 5) is 0. The molecule has 0 amide bonds. The van der Waals surface area contributed by atoms with Crippen molar-refractivity contribution >= 4 is 10.1 Å². The van der Waals surface area contributed by atoms with Crippen LogP contribution >= 0.6 is 0 Å². The highest BCUT2D eigenvalue weighted by molar-refractivity contribution is 7.85. The average Bonchev–Trinajstić information content (AvgIpc) is 2.65. The predicted molar refractivity (Wildman–Crippen MR) is 99.2 cm³/mol. The third kappa shape index (κ3) is 25.6. The zero-order valence-electron chi connectivity index (χ0n) is 16.3. The van der Waals surface area contributed by atoms with Crippen molar-refractivity contribution in [2.45, 2.75) is 0 Å². The molecule has 0 bridgehead atoms. The van der Waals surface area contributed by atoms with Crippen LogP contribution in [0.5, 0.6) is 0 Å². The molecule has 0 aliphatic heterocycles. The van der Waals surface area contributed by atoms with Crippen LogP contribution in [0.2, 0.25) is 0 Å². The Morgan fingerprint density at radius 1 is 0.464 bits per heavy atom. The van der Waals surface area contributed by atoms with Crippen LogP contribution in [0.25, 0.3) is 0 Å². The van der Waals surface area contributed by atoms with Gasteiger partial charge in [0.1, 0.15) is 0 Å². The molecule has 0 aromatic heterocycles. The van der Waals surface area contributed by atoms with E-state index in [-0.39, 0.29) is 19.8 Å². The van der Waals surface area contributed by atoms with E-state index in [0.717, 1.165) is 0 Å². The summed E-state index contributed by atoms with van der Waals surface area (Å²) in [5.41, 5.74) is 0. The lowest BCUT2D eigenvalue weighted by molar-refractivity contribution is -0.0211. The van der Waals surface area contributed by atoms with Gasteiger partial charge in [-0.2, -0.15) is 8.42 Å². The van der Waals surface area contributed by atoms with E-state index in [1.165, 1.54) is 0 Å². The number of aliphatic hydroxyl groups excluding tert-OH is 1. The lowest BCUT2D eigenvalue weighted by Crippen LogP contribution is -2.15. The van der Waals surface area contributed by atoms with Crippen LogP contribution in [0.1, 0.15) is 0 Å². The number of rotatable bonds is 23. The van der Waals surface area contributed by atoms with E-state index < -0.39 is 15.9 Å². The second-order valence-electron chi connectivity index (χ2n) is 5.30. The summed E-state index contributed by atoms with van der Waals surface area (Å²) >= 11 is 0. The van der Waals surface area contributed by atoms with Gasteiger partial charge in [0, 0.05) is 0 Å². The highest BCUT2D eigenvalue weighted by Gasteiger charge is 2.03. The Morgan fingerprint density at radius 3 is 0.964 bits per heavy atom. The van der Waals surface area contributed by atoms with E-state index in [2.05, 4.69) is 0 Å². The number of hydrogen-bond acceptors (Lipinski definition) is 10. The predicted octanol–water partition coefficient (Wildman–Crippen LogP) is -1.02. The van der Waals surface area contributed by atoms with Crippen LogP contribution in [0, 0.1) is 0 Å². The largest absolute Gasteiger partial charge is 0.394 e. The molecule has 0 aromatic carbocycles. The Labute approximate surface area is 166 Å². The highest BCUT2D eigenvalue weighted by Crippen LogP contribution is 1.86. The van der Waals surface area contributed by atoms with Gasteiger partial charge in [0.2, 0.25) is 0 Å². The third-order valence-corrected chi connectivity index (χ3v) is 3.64. The smallest absolute Gasteiger partial charge is 0.267 e. The molecule has 0 aliphatic rings. The summed E-state index contributed by atoms with van der Waals surface area (Å²) in [7, 11) is -3.97. The van der Waals surface area contributed by atoms with E-state index in [9.17, 15) is 8.42 Å². The van der Waals surface area contributed by atoms with Crippen LogP contribution < -0.4 is 0 Å². The molecule has 28 heavy (non-hydrogen) atoms. The van der Waals surface area contributed by atoms with Gasteiger partial charge < -0.3 is 38.3 Å². The summed E-state index contributed by atoms with van der Waals surface area (Å²) in [6.07, 6.45) is 0. The van der Waals surface area contributed by atoms with Crippen molar-refractivity contribution in [1.82, 2.24) is 0 Å². The number of aliphatic hydroxyl groups is 1. The van der Waals surface area contributed by atoms with Crippen molar-refractivity contribution in [3.8, 4) is 0 Å². The van der Waals surface area contributed by atoms with Crippen LogP contribution in [-0.2, 0) is 43.3 Å². The molecular weight excluding hydrogens is 400 g/mol. The van der Waals surface area contributed by atoms with E-state index in [4.69, 9.17) is 42.8 Å². The maximum atomic E-state index is 10.4. The molecule has 0 aliphatic carbocycles. The molecule has 0 atom stereocenters. The van der Waals surface area contributed by atoms with E-state index in [0.29, 0.717) is 79.3 Å². The van der Waals surface area contributed by atoms with Crippen molar-refractivity contribution in [3.05, 3.63) is 0 Å². The first-order valence-corrected chi connectivity index (χ1v) is 10.8. The summed E-state index contributed by atoms with van der Waals surface area (Å²) in [6, 6.07) is 0. The zero-order chi connectivity index (χ0) is 20.8. The van der Waals surface area contributed by atoms with Crippen molar-refractivity contribution in [1.29, 1.82) is 0 Å². The molecule has 11 nitrogen and oxygen atoms in total. The lowest BCUT2D eigenvalue weighted by Gasteiger charge is -2.08. The van der Waals surface area contributed by atoms with Gasteiger partial charge in [-0.15, -0.1) is 0 Å². The quantitative estimate of drug-likeness (QED) is 0.151. The zero-order valence-corrected chi connectivity index (χ0v) is 17.1. The van der Waals surface area contributed by atoms with Crippen molar-refractivity contribution < 1.29 is 51.2 Å². The Balaban J connectivity index is 3.03. The molecule has 0 rings (SSSR count). The standard InChI is InChI=1S/C16H34O11S/c17-1-2-21-3-4-22-5-6-23-7-8-24-9-10-25-11-12-26-13-14-27-15-16-28(18,19)20/h17H,1-16H2,(H,18,19,20). The first-order valence-electron chi connectivity index (χ1n) is 9.16. The summed E-state index contributed by atoms with van der Waals surface area (Å²) in [5, 5.41) is 8.51. The van der Waals surface area contributed by atoms with Gasteiger partial charge in [0.05, 0.1) is 105 Å². The van der Waals surface area contributed by atoms with Crippen LogP contribution in [-0.4, -0.2) is 123 Å². The fraction of sp³-hybridized carbons (Fsp3) is 1.00. The molecule has 170 valence electrons. The minimum Gasteiger partial charge on any atom is -0.394 e. The van der Waals surface area contributed by atoms with Gasteiger partial charge in [0.15, 0.2) is 0 Å². The normalized spacial score (nSPS) is 11.9.